The van der Waals surface area contributed by atoms with E-state index in [0.29, 0.717) is 5.56 Å². The van der Waals surface area contributed by atoms with Crippen LogP contribution in [0.25, 0.3) is 22.2 Å². The van der Waals surface area contributed by atoms with Crippen LogP contribution in [0.5, 0.6) is 0 Å². The lowest BCUT2D eigenvalue weighted by atomic mass is 10.0. The van der Waals surface area contributed by atoms with Gasteiger partial charge in [0.2, 0.25) is 0 Å². The molecule has 0 unspecified atom stereocenters. The third-order valence-corrected chi connectivity index (χ3v) is 4.59. The lowest BCUT2D eigenvalue weighted by Gasteiger charge is -2.24. The molecule has 3 heterocycles. The molecule has 0 bridgehead atoms. The summed E-state index contributed by atoms with van der Waals surface area (Å²) in [5, 5.41) is 7.38. The van der Waals surface area contributed by atoms with Gasteiger partial charge < -0.3 is 10.6 Å². The van der Waals surface area contributed by atoms with Crippen molar-refractivity contribution < 1.29 is 4.79 Å². The number of rotatable bonds is 3. The Morgan fingerprint density at radius 3 is 2.76 bits per heavy atom. The number of pyridine rings is 2. The molecular formula is C20H20N4O. The normalized spacial score (nSPS) is 15.2. The van der Waals surface area contributed by atoms with Crippen LogP contribution in [0.4, 0.5) is 0 Å². The third-order valence-electron chi connectivity index (χ3n) is 4.59. The Bertz CT molecular complexity index is 889. The van der Waals surface area contributed by atoms with Crippen LogP contribution in [0.1, 0.15) is 23.2 Å². The van der Waals surface area contributed by atoms with Crippen molar-refractivity contribution in [3.05, 3.63) is 60.4 Å². The predicted octanol–water partition coefficient (Wildman–Crippen LogP) is 2.78. The van der Waals surface area contributed by atoms with E-state index >= 15 is 0 Å². The van der Waals surface area contributed by atoms with E-state index in [0.717, 1.165) is 48.1 Å². The fourth-order valence-corrected chi connectivity index (χ4v) is 3.25. The summed E-state index contributed by atoms with van der Waals surface area (Å²) in [5.74, 6) is -0.0318. The average molecular weight is 332 g/mol. The SMILES string of the molecule is O=C(NC1CCNCC1)c1cc(-c2cccnc2)nc2ccccc12. The Kier molecular flexibility index (Phi) is 4.39. The van der Waals surface area contributed by atoms with E-state index < -0.39 is 0 Å². The number of hydrogen-bond acceptors (Lipinski definition) is 4. The summed E-state index contributed by atoms with van der Waals surface area (Å²) in [6.45, 7) is 1.89. The number of carbonyl (C=O) groups excluding carboxylic acids is 1. The Morgan fingerprint density at radius 2 is 1.96 bits per heavy atom. The van der Waals surface area contributed by atoms with Crippen molar-refractivity contribution in [1.29, 1.82) is 0 Å². The van der Waals surface area contributed by atoms with Crippen LogP contribution in [-0.2, 0) is 0 Å². The molecule has 1 aliphatic rings. The number of aromatic nitrogens is 2. The first-order valence-corrected chi connectivity index (χ1v) is 8.63. The van der Waals surface area contributed by atoms with E-state index in [1.54, 1.807) is 12.4 Å². The van der Waals surface area contributed by atoms with Gasteiger partial charge in [-0.2, -0.15) is 0 Å². The Labute approximate surface area is 146 Å². The minimum absolute atomic E-state index is 0.0318. The number of para-hydroxylation sites is 1. The number of nitrogens with zero attached hydrogens (tertiary/aromatic N) is 2. The molecule has 2 N–H and O–H groups in total. The van der Waals surface area contributed by atoms with Gasteiger partial charge in [0.05, 0.1) is 16.8 Å². The van der Waals surface area contributed by atoms with Crippen molar-refractivity contribution in [2.24, 2.45) is 0 Å². The zero-order valence-electron chi connectivity index (χ0n) is 13.9. The molecule has 1 aromatic carbocycles. The molecule has 1 saturated heterocycles. The van der Waals surface area contributed by atoms with Crippen LogP contribution < -0.4 is 10.6 Å². The maximum Gasteiger partial charge on any atom is 0.252 e. The van der Waals surface area contributed by atoms with Crippen molar-refractivity contribution >= 4 is 16.8 Å². The van der Waals surface area contributed by atoms with Crippen LogP contribution in [0.2, 0.25) is 0 Å². The first-order chi connectivity index (χ1) is 12.3. The summed E-state index contributed by atoms with van der Waals surface area (Å²) >= 11 is 0. The van der Waals surface area contributed by atoms with Crippen molar-refractivity contribution in [2.75, 3.05) is 13.1 Å². The van der Waals surface area contributed by atoms with Gasteiger partial charge in [-0.15, -0.1) is 0 Å². The monoisotopic (exact) mass is 332 g/mol. The van der Waals surface area contributed by atoms with Gasteiger partial charge in [-0.3, -0.25) is 9.78 Å². The van der Waals surface area contributed by atoms with Gasteiger partial charge in [0.25, 0.3) is 5.91 Å². The summed E-state index contributed by atoms with van der Waals surface area (Å²) in [4.78, 5) is 21.8. The van der Waals surface area contributed by atoms with E-state index in [-0.39, 0.29) is 11.9 Å². The number of amides is 1. The molecule has 0 radical (unpaired) electrons. The topological polar surface area (TPSA) is 66.9 Å². The molecule has 4 rings (SSSR count). The molecule has 0 saturated carbocycles. The van der Waals surface area contributed by atoms with Crippen LogP contribution in [0.15, 0.2) is 54.9 Å². The number of hydrogen-bond donors (Lipinski definition) is 2. The van der Waals surface area contributed by atoms with Gasteiger partial charge in [0.1, 0.15) is 0 Å². The molecule has 5 nitrogen and oxygen atoms in total. The fourth-order valence-electron chi connectivity index (χ4n) is 3.25. The smallest absolute Gasteiger partial charge is 0.252 e. The number of piperidine rings is 1. The van der Waals surface area contributed by atoms with E-state index in [1.807, 2.05) is 42.5 Å². The Balaban J connectivity index is 1.74. The standard InChI is InChI=1S/C20H20N4O/c25-20(23-15-7-10-21-11-8-15)17-12-19(14-4-3-9-22-13-14)24-18-6-2-1-5-16(17)18/h1-6,9,12-13,15,21H,7-8,10-11H2,(H,23,25). The molecule has 1 amide bonds. The van der Waals surface area contributed by atoms with Crippen LogP contribution in [0.3, 0.4) is 0 Å². The predicted molar refractivity (Wildman–Crippen MR) is 98.3 cm³/mol. The van der Waals surface area contributed by atoms with Gasteiger partial charge in [-0.1, -0.05) is 18.2 Å². The second-order valence-electron chi connectivity index (χ2n) is 6.31. The first kappa shape index (κ1) is 15.7. The summed E-state index contributed by atoms with van der Waals surface area (Å²) < 4.78 is 0. The van der Waals surface area contributed by atoms with Crippen LogP contribution in [-0.4, -0.2) is 35.0 Å². The number of nitrogens with one attached hydrogen (secondary N) is 2. The lowest BCUT2D eigenvalue weighted by Crippen LogP contribution is -2.42. The molecule has 0 spiro atoms. The molecule has 126 valence electrons. The van der Waals surface area contributed by atoms with E-state index in [9.17, 15) is 4.79 Å². The van der Waals surface area contributed by atoms with Gasteiger partial charge in [0, 0.05) is 29.4 Å². The Morgan fingerprint density at radius 1 is 1.12 bits per heavy atom. The van der Waals surface area contributed by atoms with Crippen molar-refractivity contribution in [3.8, 4) is 11.3 Å². The van der Waals surface area contributed by atoms with E-state index in [2.05, 4.69) is 15.6 Å². The van der Waals surface area contributed by atoms with E-state index in [4.69, 9.17) is 4.98 Å². The summed E-state index contributed by atoms with van der Waals surface area (Å²) in [7, 11) is 0. The zero-order valence-corrected chi connectivity index (χ0v) is 13.9. The zero-order chi connectivity index (χ0) is 17.1. The second kappa shape index (κ2) is 6.99. The third kappa shape index (κ3) is 3.37. The molecule has 25 heavy (non-hydrogen) atoms. The van der Waals surface area contributed by atoms with Gasteiger partial charge >= 0.3 is 0 Å². The summed E-state index contributed by atoms with van der Waals surface area (Å²) in [5.41, 5.74) is 3.16. The highest BCUT2D eigenvalue weighted by Crippen LogP contribution is 2.24. The van der Waals surface area contributed by atoms with Gasteiger partial charge in [-0.05, 0) is 50.2 Å². The molecule has 1 aliphatic heterocycles. The highest BCUT2D eigenvalue weighted by atomic mass is 16.1. The van der Waals surface area contributed by atoms with E-state index in [1.165, 1.54) is 0 Å². The minimum Gasteiger partial charge on any atom is -0.349 e. The quantitative estimate of drug-likeness (QED) is 0.774. The van der Waals surface area contributed by atoms with Crippen molar-refractivity contribution in [1.82, 2.24) is 20.6 Å². The highest BCUT2D eigenvalue weighted by Gasteiger charge is 2.19. The van der Waals surface area contributed by atoms with Gasteiger partial charge in [0.15, 0.2) is 0 Å². The Hall–Kier alpha value is -2.79. The fraction of sp³-hybridized carbons (Fsp3) is 0.250. The lowest BCUT2D eigenvalue weighted by molar-refractivity contribution is 0.0931. The summed E-state index contributed by atoms with van der Waals surface area (Å²) in [6.07, 6.45) is 5.43. The number of benzene rings is 1. The molecule has 3 aromatic rings. The van der Waals surface area contributed by atoms with Gasteiger partial charge in [-0.25, -0.2) is 4.98 Å². The molecule has 0 atom stereocenters. The van der Waals surface area contributed by atoms with Crippen LogP contribution in [0, 0.1) is 0 Å². The summed E-state index contributed by atoms with van der Waals surface area (Å²) in [6, 6.07) is 13.7. The maximum atomic E-state index is 12.9. The van der Waals surface area contributed by atoms with Crippen molar-refractivity contribution in [2.45, 2.75) is 18.9 Å². The molecule has 0 aliphatic carbocycles. The molecular weight excluding hydrogens is 312 g/mol. The largest absolute Gasteiger partial charge is 0.349 e. The minimum atomic E-state index is -0.0318. The number of fused-ring (bicyclic) bond motifs is 1. The molecule has 5 heteroatoms. The van der Waals surface area contributed by atoms with Crippen LogP contribution >= 0.6 is 0 Å². The molecule has 1 fully saturated rings. The highest BCUT2D eigenvalue weighted by molar-refractivity contribution is 6.07. The first-order valence-electron chi connectivity index (χ1n) is 8.63. The average Bonchev–Trinajstić information content (AvgIpc) is 2.68. The van der Waals surface area contributed by atoms with Crippen molar-refractivity contribution in [3.63, 3.8) is 0 Å². The maximum absolute atomic E-state index is 12.9. The second-order valence-corrected chi connectivity index (χ2v) is 6.31. The number of carbonyl (C=O) groups is 1. The molecule has 2 aromatic heterocycles.